The summed E-state index contributed by atoms with van der Waals surface area (Å²) < 4.78 is 0. The molecule has 2 aliphatic rings. The van der Waals surface area contributed by atoms with Crippen LogP contribution < -0.4 is 5.32 Å². The van der Waals surface area contributed by atoms with Gasteiger partial charge in [-0.15, -0.1) is 0 Å². The third-order valence-corrected chi connectivity index (χ3v) is 4.82. The van der Waals surface area contributed by atoms with Crippen molar-refractivity contribution in [3.8, 4) is 0 Å². The van der Waals surface area contributed by atoms with Crippen molar-refractivity contribution < 1.29 is 5.11 Å². The second-order valence-corrected chi connectivity index (χ2v) is 6.33. The molecule has 0 bridgehead atoms. The third kappa shape index (κ3) is 4.26. The van der Waals surface area contributed by atoms with Gasteiger partial charge in [-0.25, -0.2) is 0 Å². The molecule has 0 unspecified atom stereocenters. The van der Waals surface area contributed by atoms with Crippen molar-refractivity contribution in [2.75, 3.05) is 6.54 Å². The van der Waals surface area contributed by atoms with Crippen LogP contribution in [0.4, 0.5) is 0 Å². The first-order valence-corrected chi connectivity index (χ1v) is 7.67. The van der Waals surface area contributed by atoms with Gasteiger partial charge in [0.15, 0.2) is 0 Å². The van der Waals surface area contributed by atoms with Gasteiger partial charge in [-0.2, -0.15) is 0 Å². The van der Waals surface area contributed by atoms with Crippen molar-refractivity contribution >= 4 is 0 Å². The Morgan fingerprint density at radius 1 is 1.00 bits per heavy atom. The van der Waals surface area contributed by atoms with Crippen molar-refractivity contribution in [2.45, 2.75) is 76.9 Å². The SMILES string of the molecule is CC1CCC(CCN[C@@H]2CCCC[C@H]2O)CC1. The van der Waals surface area contributed by atoms with Gasteiger partial charge in [0.1, 0.15) is 0 Å². The second kappa shape index (κ2) is 6.75. The minimum atomic E-state index is -0.0878. The van der Waals surface area contributed by atoms with Gasteiger partial charge in [-0.3, -0.25) is 0 Å². The van der Waals surface area contributed by atoms with Crippen LogP contribution in [0.25, 0.3) is 0 Å². The monoisotopic (exact) mass is 239 g/mol. The number of rotatable bonds is 4. The quantitative estimate of drug-likeness (QED) is 0.790. The average Bonchev–Trinajstić information content (AvgIpc) is 2.34. The Hall–Kier alpha value is -0.0800. The van der Waals surface area contributed by atoms with Gasteiger partial charge in [0.05, 0.1) is 6.10 Å². The predicted molar refractivity (Wildman–Crippen MR) is 72.0 cm³/mol. The first kappa shape index (κ1) is 13.4. The van der Waals surface area contributed by atoms with Crippen LogP contribution in [0.15, 0.2) is 0 Å². The predicted octanol–water partition coefficient (Wildman–Crippen LogP) is 3.10. The topological polar surface area (TPSA) is 32.3 Å². The smallest absolute Gasteiger partial charge is 0.0693 e. The molecule has 2 rings (SSSR count). The van der Waals surface area contributed by atoms with Crippen molar-refractivity contribution in [2.24, 2.45) is 11.8 Å². The lowest BCUT2D eigenvalue weighted by Crippen LogP contribution is -2.42. The average molecular weight is 239 g/mol. The lowest BCUT2D eigenvalue weighted by molar-refractivity contribution is 0.0898. The molecule has 0 radical (unpaired) electrons. The summed E-state index contributed by atoms with van der Waals surface area (Å²) in [7, 11) is 0. The molecule has 2 atom stereocenters. The molecule has 100 valence electrons. The molecule has 0 aromatic carbocycles. The van der Waals surface area contributed by atoms with Crippen LogP contribution in [0.2, 0.25) is 0 Å². The largest absolute Gasteiger partial charge is 0.392 e. The van der Waals surface area contributed by atoms with Crippen LogP contribution in [0.3, 0.4) is 0 Å². The molecule has 2 nitrogen and oxygen atoms in total. The van der Waals surface area contributed by atoms with E-state index in [1.807, 2.05) is 0 Å². The molecule has 2 fully saturated rings. The molecule has 17 heavy (non-hydrogen) atoms. The van der Waals surface area contributed by atoms with E-state index in [9.17, 15) is 5.11 Å². The Morgan fingerprint density at radius 3 is 2.41 bits per heavy atom. The van der Waals surface area contributed by atoms with E-state index in [2.05, 4.69) is 12.2 Å². The lowest BCUT2D eigenvalue weighted by Gasteiger charge is -2.30. The first-order valence-electron chi connectivity index (χ1n) is 7.67. The van der Waals surface area contributed by atoms with Gasteiger partial charge in [0, 0.05) is 6.04 Å². The van der Waals surface area contributed by atoms with E-state index in [-0.39, 0.29) is 6.10 Å². The van der Waals surface area contributed by atoms with Crippen molar-refractivity contribution in [1.82, 2.24) is 5.32 Å². The minimum absolute atomic E-state index is 0.0878. The van der Waals surface area contributed by atoms with E-state index >= 15 is 0 Å². The summed E-state index contributed by atoms with van der Waals surface area (Å²) in [6.45, 7) is 3.49. The van der Waals surface area contributed by atoms with Gasteiger partial charge in [0.2, 0.25) is 0 Å². The Morgan fingerprint density at radius 2 is 1.71 bits per heavy atom. The molecule has 2 N–H and O–H groups in total. The van der Waals surface area contributed by atoms with Crippen molar-refractivity contribution in [1.29, 1.82) is 0 Å². The fourth-order valence-corrected chi connectivity index (χ4v) is 3.44. The van der Waals surface area contributed by atoms with Crippen LogP contribution in [0.1, 0.15) is 64.7 Å². The molecular weight excluding hydrogens is 210 g/mol. The van der Waals surface area contributed by atoms with E-state index in [4.69, 9.17) is 0 Å². The Kier molecular flexibility index (Phi) is 5.30. The Bertz CT molecular complexity index is 211. The fourth-order valence-electron chi connectivity index (χ4n) is 3.44. The highest BCUT2D eigenvalue weighted by atomic mass is 16.3. The van der Waals surface area contributed by atoms with Crippen molar-refractivity contribution in [3.05, 3.63) is 0 Å². The standard InChI is InChI=1S/C15H29NO/c1-12-6-8-13(9-7-12)10-11-16-14-4-2-3-5-15(14)17/h12-17H,2-11H2,1H3/t12?,13?,14-,15-/m1/s1. The van der Waals surface area contributed by atoms with Crippen LogP contribution in [-0.4, -0.2) is 23.8 Å². The lowest BCUT2D eigenvalue weighted by atomic mass is 9.81. The van der Waals surface area contributed by atoms with Crippen LogP contribution in [0, 0.1) is 11.8 Å². The highest BCUT2D eigenvalue weighted by Gasteiger charge is 2.23. The molecule has 2 aliphatic carbocycles. The third-order valence-electron chi connectivity index (χ3n) is 4.82. The summed E-state index contributed by atoms with van der Waals surface area (Å²) >= 11 is 0. The highest BCUT2D eigenvalue weighted by Crippen LogP contribution is 2.30. The van der Waals surface area contributed by atoms with Gasteiger partial charge >= 0.3 is 0 Å². The summed E-state index contributed by atoms with van der Waals surface area (Å²) in [4.78, 5) is 0. The van der Waals surface area contributed by atoms with Gasteiger partial charge in [-0.05, 0) is 37.6 Å². The van der Waals surface area contributed by atoms with E-state index < -0.39 is 0 Å². The molecule has 0 aromatic heterocycles. The Labute approximate surface area is 106 Å². The molecule has 2 heteroatoms. The molecule has 0 saturated heterocycles. The highest BCUT2D eigenvalue weighted by molar-refractivity contribution is 4.81. The summed E-state index contributed by atoms with van der Waals surface area (Å²) in [6.07, 6.45) is 11.6. The molecular formula is C15H29NO. The summed E-state index contributed by atoms with van der Waals surface area (Å²) in [6, 6.07) is 0.381. The van der Waals surface area contributed by atoms with E-state index in [0.29, 0.717) is 6.04 Å². The number of aliphatic hydroxyl groups is 1. The fraction of sp³-hybridized carbons (Fsp3) is 1.00. The Balaban J connectivity index is 1.59. The van der Waals surface area contributed by atoms with Gasteiger partial charge < -0.3 is 10.4 Å². The van der Waals surface area contributed by atoms with Crippen LogP contribution in [0.5, 0.6) is 0 Å². The first-order chi connectivity index (χ1) is 8.25. The number of hydrogen-bond acceptors (Lipinski definition) is 2. The maximum Gasteiger partial charge on any atom is 0.0693 e. The number of hydrogen-bond donors (Lipinski definition) is 2. The summed E-state index contributed by atoms with van der Waals surface area (Å²) in [5, 5.41) is 13.5. The number of aliphatic hydroxyl groups excluding tert-OH is 1. The molecule has 0 aromatic rings. The molecule has 0 aliphatic heterocycles. The molecule has 0 heterocycles. The van der Waals surface area contributed by atoms with Gasteiger partial charge in [0.25, 0.3) is 0 Å². The molecule has 2 saturated carbocycles. The zero-order valence-electron chi connectivity index (χ0n) is 11.3. The zero-order chi connectivity index (χ0) is 12.1. The maximum absolute atomic E-state index is 9.88. The van der Waals surface area contributed by atoms with Crippen molar-refractivity contribution in [3.63, 3.8) is 0 Å². The summed E-state index contributed by atoms with van der Waals surface area (Å²) in [5.74, 6) is 1.90. The maximum atomic E-state index is 9.88. The normalized spacial score (nSPS) is 39.2. The van der Waals surface area contributed by atoms with E-state index in [1.54, 1.807) is 0 Å². The van der Waals surface area contributed by atoms with E-state index in [0.717, 1.165) is 24.8 Å². The molecule has 0 amide bonds. The number of nitrogens with one attached hydrogen (secondary N) is 1. The van der Waals surface area contributed by atoms with Crippen LogP contribution in [-0.2, 0) is 0 Å². The van der Waals surface area contributed by atoms with Gasteiger partial charge in [-0.1, -0.05) is 45.4 Å². The molecule has 0 spiro atoms. The van der Waals surface area contributed by atoms with Crippen LogP contribution >= 0.6 is 0 Å². The zero-order valence-corrected chi connectivity index (χ0v) is 11.3. The second-order valence-electron chi connectivity index (χ2n) is 6.33. The summed E-state index contributed by atoms with van der Waals surface area (Å²) in [5.41, 5.74) is 0. The minimum Gasteiger partial charge on any atom is -0.392 e. The van der Waals surface area contributed by atoms with E-state index in [1.165, 1.54) is 51.4 Å².